The minimum atomic E-state index is -0.425. The van der Waals surface area contributed by atoms with Crippen molar-refractivity contribution in [1.29, 1.82) is 5.26 Å². The first-order valence-electron chi connectivity index (χ1n) is 5.41. The second kappa shape index (κ2) is 5.47. The summed E-state index contributed by atoms with van der Waals surface area (Å²) < 4.78 is 0. The molecule has 1 N–H and O–H groups in total. The zero-order valence-corrected chi connectivity index (χ0v) is 11.9. The Morgan fingerprint density at radius 2 is 2.21 bits per heavy atom. The number of aromatic nitrogens is 2. The molecule has 0 atom stereocenters. The predicted molar refractivity (Wildman–Crippen MR) is 76.5 cm³/mol. The van der Waals surface area contributed by atoms with Crippen LogP contribution >= 0.6 is 23.4 Å². The zero-order valence-electron chi connectivity index (χ0n) is 10.3. The minimum Gasteiger partial charge on any atom is -0.300 e. The van der Waals surface area contributed by atoms with Crippen molar-refractivity contribution in [3.63, 3.8) is 0 Å². The highest BCUT2D eigenvalue weighted by Gasteiger charge is 2.14. The summed E-state index contributed by atoms with van der Waals surface area (Å²) in [5, 5.41) is 10.2. The van der Waals surface area contributed by atoms with Crippen LogP contribution in [0.3, 0.4) is 0 Å². The molecule has 1 aromatic carbocycles. The molecule has 0 saturated carbocycles. The van der Waals surface area contributed by atoms with Gasteiger partial charge < -0.3 is 4.98 Å². The number of nitrogens with one attached hydrogen (secondary N) is 1. The average molecular weight is 292 g/mol. The first-order chi connectivity index (χ1) is 9.06. The maximum absolute atomic E-state index is 11.8. The number of H-pyrrole nitrogens is 1. The van der Waals surface area contributed by atoms with Gasteiger partial charge in [0, 0.05) is 10.6 Å². The molecule has 0 unspecified atom stereocenters. The van der Waals surface area contributed by atoms with Crippen LogP contribution in [0.25, 0.3) is 11.3 Å². The quantitative estimate of drug-likeness (QED) is 0.682. The third-order valence-electron chi connectivity index (χ3n) is 2.65. The van der Waals surface area contributed by atoms with E-state index < -0.39 is 5.56 Å². The summed E-state index contributed by atoms with van der Waals surface area (Å²) >= 11 is 7.23. The van der Waals surface area contributed by atoms with E-state index in [1.54, 1.807) is 18.2 Å². The van der Waals surface area contributed by atoms with Gasteiger partial charge in [-0.3, -0.25) is 4.79 Å². The van der Waals surface area contributed by atoms with Gasteiger partial charge in [-0.1, -0.05) is 29.4 Å². The molecule has 0 aliphatic rings. The lowest BCUT2D eigenvalue weighted by molar-refractivity contribution is 0.937. The van der Waals surface area contributed by atoms with E-state index in [1.165, 1.54) is 11.8 Å². The Balaban J connectivity index is 2.77. The van der Waals surface area contributed by atoms with Crippen molar-refractivity contribution in [1.82, 2.24) is 9.97 Å². The lowest BCUT2D eigenvalue weighted by atomic mass is 10.0. The molecule has 0 amide bonds. The van der Waals surface area contributed by atoms with Crippen LogP contribution in [0, 0.1) is 18.3 Å². The van der Waals surface area contributed by atoms with E-state index in [1.807, 2.05) is 19.2 Å². The maximum Gasteiger partial charge on any atom is 0.270 e. The Morgan fingerprint density at radius 3 is 2.79 bits per heavy atom. The number of hydrogen-bond acceptors (Lipinski definition) is 4. The highest BCUT2D eigenvalue weighted by atomic mass is 35.5. The predicted octanol–water partition coefficient (Wildman–Crippen LogP) is 2.99. The monoisotopic (exact) mass is 291 g/mol. The van der Waals surface area contributed by atoms with Crippen LogP contribution in [0.15, 0.2) is 28.2 Å². The third kappa shape index (κ3) is 2.65. The molecular formula is C13H10ClN3OS. The van der Waals surface area contributed by atoms with Crippen LogP contribution in [0.5, 0.6) is 0 Å². The van der Waals surface area contributed by atoms with Crippen molar-refractivity contribution in [3.05, 3.63) is 44.7 Å². The number of aryl methyl sites for hydroxylation is 1. The SMILES string of the molecule is CSc1nc(-c2ccc(Cl)cc2C)c(C#N)c(=O)[nH]1. The van der Waals surface area contributed by atoms with Crippen LogP contribution in [0.4, 0.5) is 0 Å². The first kappa shape index (κ1) is 13.7. The van der Waals surface area contributed by atoms with Gasteiger partial charge in [0.1, 0.15) is 11.6 Å². The van der Waals surface area contributed by atoms with Crippen molar-refractivity contribution >= 4 is 23.4 Å². The lowest BCUT2D eigenvalue weighted by Crippen LogP contribution is -2.14. The number of rotatable bonds is 2. The van der Waals surface area contributed by atoms with Gasteiger partial charge in [-0.2, -0.15) is 5.26 Å². The topological polar surface area (TPSA) is 69.5 Å². The standard InChI is InChI=1S/C13H10ClN3OS/c1-7-5-8(14)3-4-9(7)11-10(6-15)12(18)17-13(16-11)19-2/h3-5H,1-2H3,(H,16,17,18). The summed E-state index contributed by atoms with van der Waals surface area (Å²) in [6.07, 6.45) is 1.81. The number of nitrogens with zero attached hydrogens (tertiary/aromatic N) is 2. The summed E-state index contributed by atoms with van der Waals surface area (Å²) in [6.45, 7) is 1.87. The molecule has 0 aliphatic heterocycles. The Morgan fingerprint density at radius 1 is 1.47 bits per heavy atom. The summed E-state index contributed by atoms with van der Waals surface area (Å²) in [5.41, 5.74) is 1.59. The van der Waals surface area contributed by atoms with Gasteiger partial charge in [0.25, 0.3) is 5.56 Å². The maximum atomic E-state index is 11.8. The number of hydrogen-bond donors (Lipinski definition) is 1. The molecule has 0 radical (unpaired) electrons. The third-order valence-corrected chi connectivity index (χ3v) is 3.46. The fourth-order valence-electron chi connectivity index (χ4n) is 1.74. The van der Waals surface area contributed by atoms with E-state index in [-0.39, 0.29) is 5.56 Å². The Labute approximate surface area is 119 Å². The molecule has 19 heavy (non-hydrogen) atoms. The Bertz CT molecular complexity index is 734. The summed E-state index contributed by atoms with van der Waals surface area (Å²) in [7, 11) is 0. The number of halogens is 1. The molecule has 0 aliphatic carbocycles. The molecular weight excluding hydrogens is 282 g/mol. The highest BCUT2D eigenvalue weighted by molar-refractivity contribution is 7.98. The van der Waals surface area contributed by atoms with Crippen LogP contribution in [0.2, 0.25) is 5.02 Å². The zero-order chi connectivity index (χ0) is 14.0. The highest BCUT2D eigenvalue weighted by Crippen LogP contribution is 2.26. The Hall–Kier alpha value is -1.77. The van der Waals surface area contributed by atoms with Crippen LogP contribution in [0.1, 0.15) is 11.1 Å². The van der Waals surface area contributed by atoms with Crippen LogP contribution in [-0.2, 0) is 0 Å². The van der Waals surface area contributed by atoms with Crippen LogP contribution < -0.4 is 5.56 Å². The molecule has 4 nitrogen and oxygen atoms in total. The van der Waals surface area contributed by atoms with E-state index in [9.17, 15) is 4.79 Å². The van der Waals surface area contributed by atoms with Gasteiger partial charge in [-0.15, -0.1) is 0 Å². The van der Waals surface area contributed by atoms with Gasteiger partial charge in [-0.25, -0.2) is 4.98 Å². The second-order valence-electron chi connectivity index (χ2n) is 3.87. The number of thioether (sulfide) groups is 1. The molecule has 0 fully saturated rings. The van der Waals surface area contributed by atoms with Crippen molar-refractivity contribution in [2.24, 2.45) is 0 Å². The fraction of sp³-hybridized carbons (Fsp3) is 0.154. The van der Waals surface area contributed by atoms with Gasteiger partial charge in [0.15, 0.2) is 5.16 Å². The van der Waals surface area contributed by atoms with Crippen molar-refractivity contribution in [3.8, 4) is 17.3 Å². The first-order valence-corrected chi connectivity index (χ1v) is 7.02. The van der Waals surface area contributed by atoms with E-state index in [4.69, 9.17) is 16.9 Å². The average Bonchev–Trinajstić information content (AvgIpc) is 2.37. The largest absolute Gasteiger partial charge is 0.300 e. The van der Waals surface area contributed by atoms with E-state index in [0.29, 0.717) is 15.9 Å². The van der Waals surface area contributed by atoms with Crippen LogP contribution in [-0.4, -0.2) is 16.2 Å². The number of aromatic amines is 1. The molecule has 0 saturated heterocycles. The van der Waals surface area contributed by atoms with Crippen molar-refractivity contribution in [2.75, 3.05) is 6.26 Å². The smallest absolute Gasteiger partial charge is 0.270 e. The van der Waals surface area contributed by atoms with Gasteiger partial charge >= 0.3 is 0 Å². The molecule has 0 spiro atoms. The normalized spacial score (nSPS) is 10.2. The molecule has 2 aromatic rings. The van der Waals surface area contributed by atoms with Gasteiger partial charge in [0.05, 0.1) is 5.69 Å². The number of nitriles is 1. The minimum absolute atomic E-state index is 0.0169. The Kier molecular flexibility index (Phi) is 3.93. The second-order valence-corrected chi connectivity index (χ2v) is 5.10. The van der Waals surface area contributed by atoms with Gasteiger partial charge in [0.2, 0.25) is 0 Å². The summed E-state index contributed by atoms with van der Waals surface area (Å²) in [4.78, 5) is 18.7. The molecule has 1 aromatic heterocycles. The molecule has 6 heteroatoms. The van der Waals surface area contributed by atoms with E-state index in [0.717, 1.165) is 11.1 Å². The summed E-state index contributed by atoms with van der Waals surface area (Å²) in [6, 6.07) is 7.17. The molecule has 0 bridgehead atoms. The van der Waals surface area contributed by atoms with Crippen molar-refractivity contribution < 1.29 is 0 Å². The molecule has 96 valence electrons. The lowest BCUT2D eigenvalue weighted by Gasteiger charge is -2.08. The molecule has 1 heterocycles. The fourth-order valence-corrected chi connectivity index (χ4v) is 2.34. The summed E-state index contributed by atoms with van der Waals surface area (Å²) in [5.74, 6) is 0. The molecule has 2 rings (SSSR count). The van der Waals surface area contributed by atoms with E-state index >= 15 is 0 Å². The van der Waals surface area contributed by atoms with Crippen molar-refractivity contribution in [2.45, 2.75) is 12.1 Å². The van der Waals surface area contributed by atoms with E-state index in [2.05, 4.69) is 9.97 Å². The number of benzene rings is 1. The van der Waals surface area contributed by atoms with Gasteiger partial charge in [-0.05, 0) is 30.9 Å².